The molecule has 0 aliphatic rings. The summed E-state index contributed by atoms with van der Waals surface area (Å²) in [5.74, 6) is 0.882. The second-order valence-corrected chi connectivity index (χ2v) is 14.1. The van der Waals surface area contributed by atoms with E-state index in [-0.39, 0.29) is 5.24 Å². The third-order valence-corrected chi connectivity index (χ3v) is 9.17. The fourth-order valence-electron chi connectivity index (χ4n) is 5.28. The van der Waals surface area contributed by atoms with E-state index in [1.807, 2.05) is 0 Å². The molecule has 0 aromatic carbocycles. The lowest BCUT2D eigenvalue weighted by Crippen LogP contribution is -2.30. The van der Waals surface area contributed by atoms with Gasteiger partial charge in [-0.15, -0.1) is 0 Å². The molecule has 262 valence electrons. The monoisotopic (exact) mass is 645 g/mol. The molecule has 0 bridgehead atoms. The molecular weight excluding hydrogens is 569 g/mol. The average molecular weight is 645 g/mol. The van der Waals surface area contributed by atoms with Crippen LogP contribution in [0.5, 0.6) is 0 Å². The Bertz CT molecular complexity index is 679. The number of hydrogen-bond acceptors (Lipinski definition) is 3. The molecule has 3 nitrogen and oxygen atoms in total. The van der Waals surface area contributed by atoms with E-state index in [4.69, 9.17) is 0 Å². The van der Waals surface area contributed by atoms with Gasteiger partial charge in [0.2, 0.25) is 0 Å². The first-order valence-electron chi connectivity index (χ1n) is 19.3. The number of thioether (sulfide) groups is 1. The molecule has 1 amide bonds. The Hall–Kier alpha value is -1.26. The van der Waals surface area contributed by atoms with Crippen LogP contribution in [0.15, 0.2) is 48.6 Å². The van der Waals surface area contributed by atoms with Gasteiger partial charge in [0.25, 0.3) is 5.24 Å². The van der Waals surface area contributed by atoms with Crippen molar-refractivity contribution in [2.45, 2.75) is 168 Å². The third-order valence-electron chi connectivity index (χ3n) is 8.28. The predicted octanol–water partition coefficient (Wildman–Crippen LogP) is 13.3. The number of carbonyl (C=O) groups excluding carboxylic acids is 1. The summed E-state index contributed by atoms with van der Waals surface area (Å²) in [6.45, 7) is 7.35. The number of allylic oxidation sites excluding steroid dienone is 8. The number of carbonyl (C=O) groups is 1. The first-order chi connectivity index (χ1) is 22.1. The predicted molar refractivity (Wildman–Crippen MR) is 207 cm³/mol. The minimum absolute atomic E-state index is 0.289. The van der Waals surface area contributed by atoms with Gasteiger partial charge in [-0.05, 0) is 91.1 Å². The van der Waals surface area contributed by atoms with Gasteiger partial charge >= 0.3 is 0 Å². The first-order valence-corrected chi connectivity index (χ1v) is 20.3. The number of nitrogens with zero attached hydrogens (tertiary/aromatic N) is 2. The molecule has 0 aromatic rings. The van der Waals surface area contributed by atoms with Crippen LogP contribution >= 0.6 is 11.8 Å². The highest BCUT2D eigenvalue weighted by Crippen LogP contribution is 2.15. The van der Waals surface area contributed by atoms with Crippen molar-refractivity contribution in [3.63, 3.8) is 0 Å². The highest BCUT2D eigenvalue weighted by molar-refractivity contribution is 8.13. The van der Waals surface area contributed by atoms with E-state index in [1.165, 1.54) is 140 Å². The van der Waals surface area contributed by atoms with Crippen LogP contribution in [0, 0.1) is 0 Å². The van der Waals surface area contributed by atoms with Gasteiger partial charge in [0.1, 0.15) is 0 Å². The second kappa shape index (κ2) is 37.2. The Labute approximate surface area is 286 Å². The lowest BCUT2D eigenvalue weighted by Gasteiger charge is -2.22. The summed E-state index contributed by atoms with van der Waals surface area (Å²) in [6.07, 6.45) is 49.0. The summed E-state index contributed by atoms with van der Waals surface area (Å²) in [7, 11) is 4.16. The van der Waals surface area contributed by atoms with Crippen LogP contribution in [-0.2, 0) is 0 Å². The summed E-state index contributed by atoms with van der Waals surface area (Å²) in [4.78, 5) is 17.3. The molecule has 0 N–H and O–H groups in total. The number of hydrogen-bond donors (Lipinski definition) is 0. The lowest BCUT2D eigenvalue weighted by molar-refractivity contribution is 0.220. The van der Waals surface area contributed by atoms with Crippen molar-refractivity contribution in [2.75, 3.05) is 39.5 Å². The third kappa shape index (κ3) is 35.4. The van der Waals surface area contributed by atoms with Crippen molar-refractivity contribution in [2.24, 2.45) is 0 Å². The quantitative estimate of drug-likeness (QED) is 0.0524. The Kier molecular flexibility index (Phi) is 36.2. The van der Waals surface area contributed by atoms with Gasteiger partial charge in [0.05, 0.1) is 0 Å². The summed E-state index contributed by atoms with van der Waals surface area (Å²) < 4.78 is 0. The Morgan fingerprint density at radius 3 is 1.20 bits per heavy atom. The van der Waals surface area contributed by atoms with Gasteiger partial charge in [-0.3, -0.25) is 4.79 Å². The van der Waals surface area contributed by atoms with Crippen molar-refractivity contribution < 1.29 is 4.79 Å². The van der Waals surface area contributed by atoms with Crippen LogP contribution in [0.25, 0.3) is 0 Å². The minimum Gasteiger partial charge on any atom is -0.334 e. The van der Waals surface area contributed by atoms with Gasteiger partial charge in [0, 0.05) is 25.4 Å². The van der Waals surface area contributed by atoms with Crippen LogP contribution in [0.3, 0.4) is 0 Å². The molecule has 0 saturated carbocycles. The maximum Gasteiger partial charge on any atom is 0.281 e. The molecule has 4 heteroatoms. The van der Waals surface area contributed by atoms with Gasteiger partial charge < -0.3 is 9.80 Å². The SMILES string of the molecule is CCCCCC/C=C\C/C=C\CCCCCCCN(CCCCCCC/C=C\C/C=C\CCCCCC)C(=O)SCCN(C)C. The fourth-order valence-corrected chi connectivity index (χ4v) is 6.28. The number of unbranched alkanes of at least 4 members (excludes halogenated alkanes) is 18. The average Bonchev–Trinajstić information content (AvgIpc) is 3.03. The second-order valence-electron chi connectivity index (χ2n) is 13.1. The molecule has 0 heterocycles. The molecular formula is C41H76N2OS. The maximum absolute atomic E-state index is 13.0. The van der Waals surface area contributed by atoms with Crippen molar-refractivity contribution in [1.29, 1.82) is 0 Å². The highest BCUT2D eigenvalue weighted by atomic mass is 32.2. The van der Waals surface area contributed by atoms with Crippen LogP contribution in [0.2, 0.25) is 0 Å². The molecule has 0 saturated heterocycles. The van der Waals surface area contributed by atoms with Gasteiger partial charge in [-0.1, -0.05) is 151 Å². The van der Waals surface area contributed by atoms with Crippen molar-refractivity contribution in [3.05, 3.63) is 48.6 Å². The van der Waals surface area contributed by atoms with Gasteiger partial charge in [-0.2, -0.15) is 0 Å². The standard InChI is InChI=1S/C41H76N2OS/c1-5-7-9-11-13-15-17-19-21-23-25-27-29-31-33-35-37-43(41(44)45-40-39-42(3)4)38-36-34-32-30-28-26-24-22-20-18-16-14-12-10-8-6-2/h15-18,21-24H,5-14,19-20,25-40H2,1-4H3/b17-15-,18-16-,23-21-,24-22-. The van der Waals surface area contributed by atoms with Gasteiger partial charge in [0.15, 0.2) is 0 Å². The van der Waals surface area contributed by atoms with E-state index in [9.17, 15) is 4.79 Å². The van der Waals surface area contributed by atoms with E-state index in [2.05, 4.69) is 86.4 Å². The zero-order valence-corrected chi connectivity index (χ0v) is 31.4. The maximum atomic E-state index is 13.0. The molecule has 0 unspecified atom stereocenters. The van der Waals surface area contributed by atoms with Gasteiger partial charge in [-0.25, -0.2) is 0 Å². The fraction of sp³-hybridized carbons (Fsp3) is 0.780. The molecule has 0 radical (unpaired) electrons. The van der Waals surface area contributed by atoms with Crippen molar-refractivity contribution in [1.82, 2.24) is 9.80 Å². The first kappa shape index (κ1) is 43.7. The summed E-state index contributed by atoms with van der Waals surface area (Å²) in [5, 5.41) is 0.289. The molecule has 0 spiro atoms. The zero-order valence-electron chi connectivity index (χ0n) is 30.6. The van der Waals surface area contributed by atoms with E-state index in [0.717, 1.165) is 51.1 Å². The Morgan fingerprint density at radius 1 is 0.467 bits per heavy atom. The van der Waals surface area contributed by atoms with Crippen LogP contribution < -0.4 is 0 Å². The lowest BCUT2D eigenvalue weighted by atomic mass is 10.1. The van der Waals surface area contributed by atoms with E-state index >= 15 is 0 Å². The van der Waals surface area contributed by atoms with E-state index < -0.39 is 0 Å². The Balaban J connectivity index is 4.00. The highest BCUT2D eigenvalue weighted by Gasteiger charge is 2.13. The zero-order chi connectivity index (χ0) is 32.9. The molecule has 45 heavy (non-hydrogen) atoms. The molecule has 0 aliphatic heterocycles. The molecule has 0 rings (SSSR count). The number of rotatable bonds is 33. The summed E-state index contributed by atoms with van der Waals surface area (Å²) >= 11 is 1.51. The van der Waals surface area contributed by atoms with Crippen LogP contribution in [-0.4, -0.2) is 54.5 Å². The topological polar surface area (TPSA) is 23.6 Å². The van der Waals surface area contributed by atoms with Crippen molar-refractivity contribution in [3.8, 4) is 0 Å². The minimum atomic E-state index is 0.289. The normalized spacial score (nSPS) is 12.3. The Morgan fingerprint density at radius 2 is 0.822 bits per heavy atom. The van der Waals surface area contributed by atoms with Crippen LogP contribution in [0.4, 0.5) is 4.79 Å². The van der Waals surface area contributed by atoms with Crippen LogP contribution in [0.1, 0.15) is 168 Å². The smallest absolute Gasteiger partial charge is 0.281 e. The van der Waals surface area contributed by atoms with E-state index in [0.29, 0.717) is 0 Å². The molecule has 0 fully saturated rings. The summed E-state index contributed by atoms with van der Waals surface area (Å²) in [6, 6.07) is 0. The molecule has 0 atom stereocenters. The molecule has 0 aliphatic carbocycles. The van der Waals surface area contributed by atoms with E-state index in [1.54, 1.807) is 0 Å². The number of amides is 1. The van der Waals surface area contributed by atoms with Crippen molar-refractivity contribution >= 4 is 17.0 Å². The summed E-state index contributed by atoms with van der Waals surface area (Å²) in [5.41, 5.74) is 0. The largest absolute Gasteiger partial charge is 0.334 e. The molecule has 0 aromatic heterocycles.